The zero-order valence-electron chi connectivity index (χ0n) is 11.4. The third-order valence-corrected chi connectivity index (χ3v) is 3.35. The highest BCUT2D eigenvalue weighted by Crippen LogP contribution is 2.31. The van der Waals surface area contributed by atoms with E-state index in [-0.39, 0.29) is 13.2 Å². The summed E-state index contributed by atoms with van der Waals surface area (Å²) in [6.45, 7) is 2.24. The number of aliphatic hydroxyl groups excluding tert-OH is 1. The van der Waals surface area contributed by atoms with Gasteiger partial charge in [0.15, 0.2) is 0 Å². The van der Waals surface area contributed by atoms with Crippen LogP contribution in [-0.2, 0) is 15.7 Å². The molecule has 0 spiro atoms. The predicted octanol–water partition coefficient (Wildman–Crippen LogP) is 1.99. The van der Waals surface area contributed by atoms with E-state index in [1.807, 2.05) is 0 Å². The van der Waals surface area contributed by atoms with Gasteiger partial charge in [-0.25, -0.2) is 0 Å². The summed E-state index contributed by atoms with van der Waals surface area (Å²) >= 11 is 0. The number of hydrogen-bond acceptors (Lipinski definition) is 3. The Labute approximate surface area is 120 Å². The van der Waals surface area contributed by atoms with Crippen LogP contribution in [0.5, 0.6) is 0 Å². The first kappa shape index (κ1) is 15.8. The quantitative estimate of drug-likeness (QED) is 0.909. The molecule has 0 aliphatic carbocycles. The lowest BCUT2D eigenvalue weighted by atomic mass is 10.0. The highest BCUT2D eigenvalue weighted by atomic mass is 19.4. The molecular formula is C14H16F3NO3. The Balaban J connectivity index is 2.09. The van der Waals surface area contributed by atoms with Gasteiger partial charge in [0.1, 0.15) is 12.2 Å². The van der Waals surface area contributed by atoms with Gasteiger partial charge in [-0.15, -0.1) is 0 Å². The molecule has 21 heavy (non-hydrogen) atoms. The van der Waals surface area contributed by atoms with Gasteiger partial charge in [-0.05, 0) is 24.6 Å². The van der Waals surface area contributed by atoms with Crippen molar-refractivity contribution in [3.8, 4) is 0 Å². The number of benzene rings is 1. The van der Waals surface area contributed by atoms with Crippen LogP contribution in [-0.4, -0.2) is 41.7 Å². The zero-order chi connectivity index (χ0) is 15.6. The summed E-state index contributed by atoms with van der Waals surface area (Å²) < 4.78 is 43.0. The Hall–Kier alpha value is -1.60. The van der Waals surface area contributed by atoms with E-state index in [1.165, 1.54) is 24.0 Å². The Bertz CT molecular complexity index is 499. The van der Waals surface area contributed by atoms with Crippen molar-refractivity contribution >= 4 is 5.91 Å². The maximum absolute atomic E-state index is 12.5. The maximum Gasteiger partial charge on any atom is 0.416 e. The summed E-state index contributed by atoms with van der Waals surface area (Å²) in [5, 5.41) is 9.30. The van der Waals surface area contributed by atoms with Gasteiger partial charge in [0.05, 0.1) is 18.7 Å². The lowest BCUT2D eigenvalue weighted by Crippen LogP contribution is -2.45. The molecule has 116 valence electrons. The summed E-state index contributed by atoms with van der Waals surface area (Å²) in [6, 6.07) is 4.69. The van der Waals surface area contributed by atoms with E-state index in [0.717, 1.165) is 12.1 Å². The maximum atomic E-state index is 12.5. The fraction of sp³-hybridized carbons (Fsp3) is 0.500. The van der Waals surface area contributed by atoms with E-state index < -0.39 is 29.9 Å². The molecule has 0 saturated carbocycles. The standard InChI is InChI=1S/C14H16F3NO3/c1-9(19)13(20)18-6-7-21-12(8-18)10-2-4-11(5-3-10)14(15,16)17/h2-5,9,12,19H,6-8H2,1H3/t9-,12+/m0/s1. The van der Waals surface area contributed by atoms with Crippen LogP contribution in [0.15, 0.2) is 24.3 Å². The van der Waals surface area contributed by atoms with Crippen LogP contribution in [0.25, 0.3) is 0 Å². The predicted molar refractivity (Wildman–Crippen MR) is 68.4 cm³/mol. The first-order valence-electron chi connectivity index (χ1n) is 6.54. The fourth-order valence-corrected chi connectivity index (χ4v) is 2.20. The van der Waals surface area contributed by atoms with E-state index in [9.17, 15) is 23.1 Å². The Morgan fingerprint density at radius 2 is 2.00 bits per heavy atom. The minimum absolute atomic E-state index is 0.217. The molecule has 1 fully saturated rings. The number of morpholine rings is 1. The van der Waals surface area contributed by atoms with Crippen LogP contribution >= 0.6 is 0 Å². The van der Waals surface area contributed by atoms with Crippen molar-refractivity contribution in [3.63, 3.8) is 0 Å². The van der Waals surface area contributed by atoms with Gasteiger partial charge < -0.3 is 14.7 Å². The van der Waals surface area contributed by atoms with Crippen molar-refractivity contribution in [1.82, 2.24) is 4.90 Å². The molecule has 1 N–H and O–H groups in total. The second-order valence-corrected chi connectivity index (χ2v) is 4.94. The smallest absolute Gasteiger partial charge is 0.384 e. The molecule has 1 aliphatic heterocycles. The number of amides is 1. The van der Waals surface area contributed by atoms with E-state index in [1.54, 1.807) is 0 Å². The largest absolute Gasteiger partial charge is 0.416 e. The lowest BCUT2D eigenvalue weighted by molar-refractivity contribution is -0.147. The van der Waals surface area contributed by atoms with E-state index >= 15 is 0 Å². The third-order valence-electron chi connectivity index (χ3n) is 3.35. The highest BCUT2D eigenvalue weighted by Gasteiger charge is 2.31. The molecule has 0 aromatic heterocycles. The number of aliphatic hydroxyl groups is 1. The molecule has 2 rings (SSSR count). The van der Waals surface area contributed by atoms with E-state index in [2.05, 4.69) is 0 Å². The fourth-order valence-electron chi connectivity index (χ4n) is 2.20. The molecule has 1 heterocycles. The third kappa shape index (κ3) is 3.74. The normalized spacial score (nSPS) is 21.2. The number of ether oxygens (including phenoxy) is 1. The van der Waals surface area contributed by atoms with Crippen molar-refractivity contribution < 1.29 is 27.8 Å². The molecule has 1 saturated heterocycles. The van der Waals surface area contributed by atoms with Crippen LogP contribution in [0.1, 0.15) is 24.2 Å². The molecule has 0 unspecified atom stereocenters. The first-order chi connectivity index (χ1) is 9.79. The number of rotatable bonds is 2. The average Bonchev–Trinajstić information content (AvgIpc) is 2.46. The van der Waals surface area contributed by atoms with Crippen molar-refractivity contribution in [2.24, 2.45) is 0 Å². The van der Waals surface area contributed by atoms with Crippen LogP contribution in [0, 0.1) is 0 Å². The van der Waals surface area contributed by atoms with Crippen molar-refractivity contribution in [3.05, 3.63) is 35.4 Å². The Morgan fingerprint density at radius 1 is 1.38 bits per heavy atom. The van der Waals surface area contributed by atoms with Crippen molar-refractivity contribution in [2.75, 3.05) is 19.7 Å². The molecule has 0 bridgehead atoms. The Morgan fingerprint density at radius 3 is 2.52 bits per heavy atom. The summed E-state index contributed by atoms with van der Waals surface area (Å²) in [5.74, 6) is -0.407. The molecule has 1 aliphatic rings. The van der Waals surface area contributed by atoms with Crippen LogP contribution < -0.4 is 0 Å². The summed E-state index contributed by atoms with van der Waals surface area (Å²) in [4.78, 5) is 13.2. The molecule has 1 aromatic rings. The van der Waals surface area contributed by atoms with Crippen LogP contribution in [0.4, 0.5) is 13.2 Å². The SMILES string of the molecule is C[C@H](O)C(=O)N1CCO[C@@H](c2ccc(C(F)(F)F)cc2)C1. The number of carbonyl (C=O) groups excluding carboxylic acids is 1. The summed E-state index contributed by atoms with van der Waals surface area (Å²) in [6.07, 6.45) is -5.96. The van der Waals surface area contributed by atoms with Crippen molar-refractivity contribution in [2.45, 2.75) is 25.3 Å². The molecule has 0 radical (unpaired) electrons. The monoisotopic (exact) mass is 303 g/mol. The van der Waals surface area contributed by atoms with Gasteiger partial charge in [0, 0.05) is 6.54 Å². The average molecular weight is 303 g/mol. The van der Waals surface area contributed by atoms with Gasteiger partial charge in [0.25, 0.3) is 5.91 Å². The van der Waals surface area contributed by atoms with E-state index in [4.69, 9.17) is 4.74 Å². The Kier molecular flexibility index (Phi) is 4.53. The second-order valence-electron chi connectivity index (χ2n) is 4.94. The van der Waals surface area contributed by atoms with Crippen LogP contribution in [0.3, 0.4) is 0 Å². The zero-order valence-corrected chi connectivity index (χ0v) is 11.4. The molecule has 4 nitrogen and oxygen atoms in total. The van der Waals surface area contributed by atoms with E-state index in [0.29, 0.717) is 12.1 Å². The van der Waals surface area contributed by atoms with Crippen molar-refractivity contribution in [1.29, 1.82) is 0 Å². The minimum Gasteiger partial charge on any atom is -0.384 e. The summed E-state index contributed by atoms with van der Waals surface area (Å²) in [5.41, 5.74) is -0.148. The summed E-state index contributed by atoms with van der Waals surface area (Å²) in [7, 11) is 0. The van der Waals surface area contributed by atoms with Gasteiger partial charge in [-0.2, -0.15) is 13.2 Å². The van der Waals surface area contributed by atoms with Gasteiger partial charge >= 0.3 is 6.18 Å². The lowest BCUT2D eigenvalue weighted by Gasteiger charge is -2.34. The molecule has 7 heteroatoms. The second kappa shape index (κ2) is 6.03. The highest BCUT2D eigenvalue weighted by molar-refractivity contribution is 5.80. The number of alkyl halides is 3. The van der Waals surface area contributed by atoms with Crippen LogP contribution in [0.2, 0.25) is 0 Å². The first-order valence-corrected chi connectivity index (χ1v) is 6.54. The van der Waals surface area contributed by atoms with Gasteiger partial charge in [-0.1, -0.05) is 12.1 Å². The number of nitrogens with zero attached hydrogens (tertiary/aromatic N) is 1. The minimum atomic E-state index is -4.37. The number of hydrogen-bond donors (Lipinski definition) is 1. The topological polar surface area (TPSA) is 49.8 Å². The molecular weight excluding hydrogens is 287 g/mol. The van der Waals surface area contributed by atoms with Gasteiger partial charge in [0.2, 0.25) is 0 Å². The van der Waals surface area contributed by atoms with Gasteiger partial charge in [-0.3, -0.25) is 4.79 Å². The molecule has 1 aromatic carbocycles. The molecule has 2 atom stereocenters. The molecule has 1 amide bonds. The number of carbonyl (C=O) groups is 1. The number of halogens is 3.